The largest absolute Gasteiger partial charge is 0.327 e. The lowest BCUT2D eigenvalue weighted by Gasteiger charge is -2.17. The molecule has 0 aliphatic rings. The molecule has 0 aliphatic heterocycles. The highest BCUT2D eigenvalue weighted by molar-refractivity contribution is 7.89. The molecule has 2 rings (SSSR count). The molecule has 1 heterocycles. The van der Waals surface area contributed by atoms with E-state index in [2.05, 4.69) is 42.6 Å². The summed E-state index contributed by atoms with van der Waals surface area (Å²) in [6.45, 7) is 10.0. The lowest BCUT2D eigenvalue weighted by Crippen LogP contribution is -2.31. The van der Waals surface area contributed by atoms with Gasteiger partial charge >= 0.3 is 0 Å². The van der Waals surface area contributed by atoms with Crippen LogP contribution in [-0.2, 0) is 23.1 Å². The van der Waals surface area contributed by atoms with E-state index in [-0.39, 0.29) is 4.90 Å². The average molecular weight is 353 g/mol. The molecular formula is C17H28N4O2S. The summed E-state index contributed by atoms with van der Waals surface area (Å²) in [4.78, 5) is 4.94. The van der Waals surface area contributed by atoms with E-state index in [1.165, 1.54) is 18.4 Å². The van der Waals surface area contributed by atoms with Crippen molar-refractivity contribution in [1.82, 2.24) is 19.2 Å². The van der Waals surface area contributed by atoms with E-state index in [0.29, 0.717) is 24.0 Å². The predicted molar refractivity (Wildman–Crippen MR) is 97.4 cm³/mol. The maximum Gasteiger partial charge on any atom is 0.242 e. The Bertz CT molecular complexity index is 809. The van der Waals surface area contributed by atoms with Crippen LogP contribution in [0.4, 0.5) is 0 Å². The van der Waals surface area contributed by atoms with Crippen LogP contribution in [0, 0.1) is 5.92 Å². The Morgan fingerprint density at radius 2 is 1.92 bits per heavy atom. The van der Waals surface area contributed by atoms with Crippen LogP contribution >= 0.6 is 0 Å². The Morgan fingerprint density at radius 3 is 2.46 bits per heavy atom. The van der Waals surface area contributed by atoms with Crippen LogP contribution in [0.1, 0.15) is 33.5 Å². The summed E-state index contributed by atoms with van der Waals surface area (Å²) in [5, 5.41) is 3.49. The number of benzene rings is 1. The molecule has 0 fully saturated rings. The second-order valence-corrected chi connectivity index (χ2v) is 8.78. The highest BCUT2D eigenvalue weighted by atomic mass is 32.2. The Hall–Kier alpha value is -1.44. The fraction of sp³-hybridized carbons (Fsp3) is 0.588. The minimum Gasteiger partial charge on any atom is -0.327 e. The average Bonchev–Trinajstić information content (AvgIpc) is 2.88. The van der Waals surface area contributed by atoms with Gasteiger partial charge in [-0.05, 0) is 38.0 Å². The van der Waals surface area contributed by atoms with E-state index in [4.69, 9.17) is 0 Å². The molecule has 0 radical (unpaired) electrons. The van der Waals surface area contributed by atoms with Crippen LogP contribution in [0.5, 0.6) is 0 Å². The summed E-state index contributed by atoms with van der Waals surface area (Å²) in [7, 11) is -0.378. The first-order valence-electron chi connectivity index (χ1n) is 8.33. The van der Waals surface area contributed by atoms with Crippen molar-refractivity contribution in [3.63, 3.8) is 0 Å². The molecule has 134 valence electrons. The van der Waals surface area contributed by atoms with Gasteiger partial charge in [-0.2, -0.15) is 0 Å². The number of nitrogens with zero attached hydrogens (tertiary/aromatic N) is 3. The third-order valence-corrected chi connectivity index (χ3v) is 6.29. The first-order chi connectivity index (χ1) is 11.2. The number of hydrogen-bond acceptors (Lipinski definition) is 4. The maximum absolute atomic E-state index is 12.3. The fourth-order valence-electron chi connectivity index (χ4n) is 2.51. The van der Waals surface area contributed by atoms with Crippen molar-refractivity contribution in [2.45, 2.75) is 51.7 Å². The van der Waals surface area contributed by atoms with Gasteiger partial charge in [0.2, 0.25) is 10.0 Å². The summed E-state index contributed by atoms with van der Waals surface area (Å²) in [5.74, 6) is 1.47. The molecule has 0 saturated heterocycles. The number of nitrogens with one attached hydrogen (secondary N) is 1. The molecule has 6 nitrogen and oxygen atoms in total. The molecule has 0 unspecified atom stereocenters. The van der Waals surface area contributed by atoms with Gasteiger partial charge in [-0.15, -0.1) is 0 Å². The van der Waals surface area contributed by atoms with Gasteiger partial charge in [-0.3, -0.25) is 0 Å². The van der Waals surface area contributed by atoms with Gasteiger partial charge < -0.3 is 9.88 Å². The van der Waals surface area contributed by atoms with Gasteiger partial charge in [0.15, 0.2) is 0 Å². The van der Waals surface area contributed by atoms with Gasteiger partial charge in [-0.1, -0.05) is 13.8 Å². The number of sulfonamides is 1. The zero-order valence-corrected chi connectivity index (χ0v) is 16.2. The van der Waals surface area contributed by atoms with Crippen molar-refractivity contribution >= 4 is 21.1 Å². The van der Waals surface area contributed by atoms with Crippen LogP contribution in [0.3, 0.4) is 0 Å². The molecule has 1 atom stereocenters. The SMILES string of the molecule is CCn1c(CN[C@H](C)C(C)C)nc2cc(S(=O)(=O)N(C)C)ccc21. The van der Waals surface area contributed by atoms with Crippen LogP contribution < -0.4 is 5.32 Å². The second kappa shape index (κ2) is 7.21. The van der Waals surface area contributed by atoms with E-state index < -0.39 is 10.0 Å². The molecule has 2 aromatic rings. The zero-order chi connectivity index (χ0) is 18.1. The lowest BCUT2D eigenvalue weighted by atomic mass is 10.1. The van der Waals surface area contributed by atoms with E-state index >= 15 is 0 Å². The molecule has 1 aromatic heterocycles. The minimum absolute atomic E-state index is 0.274. The number of aromatic nitrogens is 2. The van der Waals surface area contributed by atoms with Gasteiger partial charge in [0.25, 0.3) is 0 Å². The molecule has 0 bridgehead atoms. The molecule has 1 N–H and O–H groups in total. The van der Waals surface area contributed by atoms with E-state index in [9.17, 15) is 8.42 Å². The third-order valence-electron chi connectivity index (χ3n) is 4.48. The smallest absolute Gasteiger partial charge is 0.242 e. The van der Waals surface area contributed by atoms with Gasteiger partial charge in [-0.25, -0.2) is 17.7 Å². The Morgan fingerprint density at radius 1 is 1.25 bits per heavy atom. The van der Waals surface area contributed by atoms with E-state index in [1.54, 1.807) is 12.1 Å². The molecule has 0 aliphatic carbocycles. The number of aryl methyl sites for hydroxylation is 1. The highest BCUT2D eigenvalue weighted by Gasteiger charge is 2.19. The van der Waals surface area contributed by atoms with Gasteiger partial charge in [0, 0.05) is 26.7 Å². The van der Waals surface area contributed by atoms with Crippen molar-refractivity contribution in [2.24, 2.45) is 5.92 Å². The number of imidazole rings is 1. The minimum atomic E-state index is -3.45. The Balaban J connectivity index is 2.41. The normalized spacial score (nSPS) is 14.0. The van der Waals surface area contributed by atoms with Crippen molar-refractivity contribution < 1.29 is 8.42 Å². The Labute approximate surface area is 144 Å². The predicted octanol–water partition coefficient (Wildman–Crippen LogP) is 2.44. The molecule has 0 amide bonds. The number of fused-ring (bicyclic) bond motifs is 1. The molecular weight excluding hydrogens is 324 g/mol. The molecule has 7 heteroatoms. The second-order valence-electron chi connectivity index (χ2n) is 6.62. The van der Waals surface area contributed by atoms with Crippen molar-refractivity contribution in [3.8, 4) is 0 Å². The van der Waals surface area contributed by atoms with Gasteiger partial charge in [0.05, 0.1) is 22.5 Å². The van der Waals surface area contributed by atoms with Crippen molar-refractivity contribution in [1.29, 1.82) is 0 Å². The summed E-state index contributed by atoms with van der Waals surface area (Å²) in [6.07, 6.45) is 0. The van der Waals surface area contributed by atoms with Crippen LogP contribution in [0.15, 0.2) is 23.1 Å². The van der Waals surface area contributed by atoms with Crippen LogP contribution in [0.25, 0.3) is 11.0 Å². The van der Waals surface area contributed by atoms with Crippen LogP contribution in [0.2, 0.25) is 0 Å². The summed E-state index contributed by atoms with van der Waals surface area (Å²) >= 11 is 0. The number of rotatable bonds is 7. The summed E-state index contributed by atoms with van der Waals surface area (Å²) in [5.41, 5.74) is 1.68. The third kappa shape index (κ3) is 3.63. The first-order valence-corrected chi connectivity index (χ1v) is 9.77. The molecule has 1 aromatic carbocycles. The summed E-state index contributed by atoms with van der Waals surface area (Å²) in [6, 6.07) is 5.54. The van der Waals surface area contributed by atoms with E-state index in [1.807, 2.05) is 6.07 Å². The quantitative estimate of drug-likeness (QED) is 0.831. The monoisotopic (exact) mass is 352 g/mol. The molecule has 24 heavy (non-hydrogen) atoms. The van der Waals surface area contributed by atoms with Crippen LogP contribution in [-0.4, -0.2) is 42.4 Å². The van der Waals surface area contributed by atoms with E-state index in [0.717, 1.165) is 17.9 Å². The molecule has 0 saturated carbocycles. The molecule has 0 spiro atoms. The van der Waals surface area contributed by atoms with Crippen molar-refractivity contribution in [2.75, 3.05) is 14.1 Å². The number of hydrogen-bond donors (Lipinski definition) is 1. The highest BCUT2D eigenvalue weighted by Crippen LogP contribution is 2.22. The van der Waals surface area contributed by atoms with Crippen molar-refractivity contribution in [3.05, 3.63) is 24.0 Å². The first kappa shape index (κ1) is 18.9. The Kier molecular flexibility index (Phi) is 5.67. The zero-order valence-electron chi connectivity index (χ0n) is 15.4. The van der Waals surface area contributed by atoms with Gasteiger partial charge in [0.1, 0.15) is 5.82 Å². The topological polar surface area (TPSA) is 67.2 Å². The maximum atomic E-state index is 12.3. The lowest BCUT2D eigenvalue weighted by molar-refractivity contribution is 0.417. The summed E-state index contributed by atoms with van der Waals surface area (Å²) < 4.78 is 28.0. The fourth-order valence-corrected chi connectivity index (χ4v) is 3.43. The standard InChI is InChI=1S/C17H28N4O2S/c1-7-21-16-9-8-14(24(22,23)20(5)6)10-15(16)19-17(21)11-18-13(4)12(2)3/h8-10,12-13,18H,7,11H2,1-6H3/t13-/m1/s1.